The van der Waals surface area contributed by atoms with E-state index in [1.165, 1.54) is 6.07 Å². The number of aryl methyl sites for hydroxylation is 1. The Kier molecular flexibility index (Phi) is 7.43. The van der Waals surface area contributed by atoms with E-state index in [-0.39, 0.29) is 18.6 Å². The lowest BCUT2D eigenvalue weighted by Crippen LogP contribution is -2.45. The Morgan fingerprint density at radius 2 is 1.87 bits per heavy atom. The molecule has 2 aromatic rings. The molecule has 0 radical (unpaired) electrons. The SMILES string of the molecule is Cc1ccc(C(C)C)c(OCC(=O)NC2CCN(Cc3ccc(F)c(F)c3)CC2)c1. The summed E-state index contributed by atoms with van der Waals surface area (Å²) in [6.07, 6.45) is 1.63. The highest BCUT2D eigenvalue weighted by molar-refractivity contribution is 5.77. The quantitative estimate of drug-likeness (QED) is 0.720. The fraction of sp³-hybridized carbons (Fsp3) is 0.458. The summed E-state index contributed by atoms with van der Waals surface area (Å²) < 4.78 is 32.3. The lowest BCUT2D eigenvalue weighted by Gasteiger charge is -2.32. The Hall–Kier alpha value is -2.47. The summed E-state index contributed by atoms with van der Waals surface area (Å²) in [6, 6.07) is 10.2. The van der Waals surface area contributed by atoms with Gasteiger partial charge in [-0.1, -0.05) is 32.0 Å². The zero-order valence-electron chi connectivity index (χ0n) is 17.9. The third-order valence-corrected chi connectivity index (χ3v) is 5.49. The predicted octanol–water partition coefficient (Wildman–Crippen LogP) is 4.56. The lowest BCUT2D eigenvalue weighted by atomic mass is 10.0. The third kappa shape index (κ3) is 6.02. The second-order valence-electron chi connectivity index (χ2n) is 8.35. The molecule has 1 fully saturated rings. The van der Waals surface area contributed by atoms with Crippen LogP contribution in [0, 0.1) is 18.6 Å². The first kappa shape index (κ1) is 22.2. The molecule has 4 nitrogen and oxygen atoms in total. The van der Waals surface area contributed by atoms with Crippen LogP contribution in [0.3, 0.4) is 0 Å². The van der Waals surface area contributed by atoms with E-state index in [9.17, 15) is 13.6 Å². The number of rotatable bonds is 7. The number of benzene rings is 2. The van der Waals surface area contributed by atoms with Gasteiger partial charge in [-0.2, -0.15) is 0 Å². The van der Waals surface area contributed by atoms with Crippen LogP contribution in [-0.4, -0.2) is 36.5 Å². The molecule has 0 spiro atoms. The summed E-state index contributed by atoms with van der Waals surface area (Å²) in [5.41, 5.74) is 2.95. The Morgan fingerprint density at radius 1 is 1.13 bits per heavy atom. The van der Waals surface area contributed by atoms with E-state index in [0.717, 1.165) is 54.4 Å². The molecule has 0 saturated carbocycles. The summed E-state index contributed by atoms with van der Waals surface area (Å²) in [7, 11) is 0. The standard InChI is InChI=1S/C24H30F2N2O2/c1-16(2)20-6-4-17(3)12-23(20)30-15-24(29)27-19-8-10-28(11-9-19)14-18-5-7-21(25)22(26)13-18/h4-7,12-13,16,19H,8-11,14-15H2,1-3H3,(H,27,29). The van der Waals surface area contributed by atoms with Crippen LogP contribution in [0.15, 0.2) is 36.4 Å². The normalized spacial score (nSPS) is 15.4. The molecule has 1 aliphatic rings. The number of ether oxygens (including phenoxy) is 1. The van der Waals surface area contributed by atoms with Crippen molar-refractivity contribution in [1.82, 2.24) is 10.2 Å². The zero-order chi connectivity index (χ0) is 21.7. The number of carbonyl (C=O) groups excluding carboxylic acids is 1. The molecule has 30 heavy (non-hydrogen) atoms. The minimum Gasteiger partial charge on any atom is -0.483 e. The van der Waals surface area contributed by atoms with Crippen molar-refractivity contribution in [3.63, 3.8) is 0 Å². The Bertz CT molecular complexity index is 878. The van der Waals surface area contributed by atoms with E-state index in [1.807, 2.05) is 13.0 Å². The molecular weight excluding hydrogens is 386 g/mol. The van der Waals surface area contributed by atoms with Crippen LogP contribution >= 0.6 is 0 Å². The van der Waals surface area contributed by atoms with E-state index in [0.29, 0.717) is 12.5 Å². The largest absolute Gasteiger partial charge is 0.483 e. The van der Waals surface area contributed by atoms with Gasteiger partial charge in [-0.15, -0.1) is 0 Å². The minimum absolute atomic E-state index is 0.00174. The topological polar surface area (TPSA) is 41.6 Å². The van der Waals surface area contributed by atoms with Crippen LogP contribution in [0.2, 0.25) is 0 Å². The maximum Gasteiger partial charge on any atom is 0.258 e. The van der Waals surface area contributed by atoms with E-state index < -0.39 is 11.6 Å². The first-order valence-corrected chi connectivity index (χ1v) is 10.5. The van der Waals surface area contributed by atoms with Crippen molar-refractivity contribution in [3.8, 4) is 5.75 Å². The van der Waals surface area contributed by atoms with Crippen molar-refractivity contribution in [2.45, 2.75) is 52.1 Å². The average Bonchev–Trinajstić information content (AvgIpc) is 2.70. The molecule has 1 saturated heterocycles. The van der Waals surface area contributed by atoms with Gasteiger partial charge in [0.25, 0.3) is 5.91 Å². The lowest BCUT2D eigenvalue weighted by molar-refractivity contribution is -0.124. The Labute approximate surface area is 177 Å². The molecule has 1 amide bonds. The molecule has 0 unspecified atom stereocenters. The van der Waals surface area contributed by atoms with E-state index in [4.69, 9.17) is 4.74 Å². The summed E-state index contributed by atoms with van der Waals surface area (Å²) in [6.45, 7) is 8.37. The fourth-order valence-electron chi connectivity index (χ4n) is 3.79. The minimum atomic E-state index is -0.825. The first-order valence-electron chi connectivity index (χ1n) is 10.5. The van der Waals surface area contributed by atoms with Crippen molar-refractivity contribution >= 4 is 5.91 Å². The molecule has 3 rings (SSSR count). The smallest absolute Gasteiger partial charge is 0.258 e. The van der Waals surface area contributed by atoms with Crippen LogP contribution in [0.4, 0.5) is 8.78 Å². The molecule has 6 heteroatoms. The maximum absolute atomic E-state index is 13.4. The van der Waals surface area contributed by atoms with Crippen LogP contribution < -0.4 is 10.1 Å². The van der Waals surface area contributed by atoms with Crippen molar-refractivity contribution in [2.24, 2.45) is 0 Å². The molecule has 2 aromatic carbocycles. The zero-order valence-corrected chi connectivity index (χ0v) is 17.9. The highest BCUT2D eigenvalue weighted by Crippen LogP contribution is 2.27. The number of carbonyl (C=O) groups is 1. The number of hydrogen-bond acceptors (Lipinski definition) is 3. The van der Waals surface area contributed by atoms with Crippen molar-refractivity contribution in [1.29, 1.82) is 0 Å². The number of nitrogens with one attached hydrogen (secondary N) is 1. The highest BCUT2D eigenvalue weighted by atomic mass is 19.2. The number of piperidine rings is 1. The van der Waals surface area contributed by atoms with E-state index in [2.05, 4.69) is 36.2 Å². The monoisotopic (exact) mass is 416 g/mol. The average molecular weight is 417 g/mol. The van der Waals surface area contributed by atoms with Crippen LogP contribution in [0.1, 0.15) is 49.3 Å². The van der Waals surface area contributed by atoms with Gasteiger partial charge in [0.15, 0.2) is 18.2 Å². The number of halogens is 2. The van der Waals surface area contributed by atoms with Gasteiger partial charge in [-0.05, 0) is 60.6 Å². The Balaban J connectivity index is 1.44. The highest BCUT2D eigenvalue weighted by Gasteiger charge is 2.21. The van der Waals surface area contributed by atoms with Gasteiger partial charge in [0.2, 0.25) is 0 Å². The number of amides is 1. The van der Waals surface area contributed by atoms with Crippen LogP contribution in [0.25, 0.3) is 0 Å². The molecule has 1 aliphatic heterocycles. The first-order chi connectivity index (χ1) is 14.3. The molecule has 0 bridgehead atoms. The van der Waals surface area contributed by atoms with Gasteiger partial charge >= 0.3 is 0 Å². The number of likely N-dealkylation sites (tertiary alicyclic amines) is 1. The number of nitrogens with zero attached hydrogens (tertiary/aromatic N) is 1. The van der Waals surface area contributed by atoms with Crippen molar-refractivity contribution in [3.05, 3.63) is 64.7 Å². The van der Waals surface area contributed by atoms with Gasteiger partial charge < -0.3 is 10.1 Å². The molecule has 0 atom stereocenters. The van der Waals surface area contributed by atoms with Gasteiger partial charge in [0, 0.05) is 25.7 Å². The summed E-state index contributed by atoms with van der Waals surface area (Å²) in [4.78, 5) is 14.6. The molecule has 1 heterocycles. The third-order valence-electron chi connectivity index (χ3n) is 5.49. The van der Waals surface area contributed by atoms with E-state index in [1.54, 1.807) is 6.07 Å². The van der Waals surface area contributed by atoms with Crippen LogP contribution in [-0.2, 0) is 11.3 Å². The van der Waals surface area contributed by atoms with Gasteiger partial charge in [-0.3, -0.25) is 9.69 Å². The summed E-state index contributed by atoms with van der Waals surface area (Å²) in [5.74, 6) is -0.674. The Morgan fingerprint density at radius 3 is 2.53 bits per heavy atom. The number of hydrogen-bond donors (Lipinski definition) is 1. The maximum atomic E-state index is 13.4. The second-order valence-corrected chi connectivity index (χ2v) is 8.35. The summed E-state index contributed by atoms with van der Waals surface area (Å²) in [5, 5.41) is 3.05. The molecule has 0 aliphatic carbocycles. The second kappa shape index (κ2) is 10.0. The molecule has 162 valence electrons. The summed E-state index contributed by atoms with van der Waals surface area (Å²) >= 11 is 0. The predicted molar refractivity (Wildman–Crippen MR) is 114 cm³/mol. The fourth-order valence-corrected chi connectivity index (χ4v) is 3.79. The van der Waals surface area contributed by atoms with Gasteiger partial charge in [-0.25, -0.2) is 8.78 Å². The van der Waals surface area contributed by atoms with Crippen molar-refractivity contribution in [2.75, 3.05) is 19.7 Å². The molecule has 1 N–H and O–H groups in total. The molecular formula is C24H30F2N2O2. The van der Waals surface area contributed by atoms with Crippen LogP contribution in [0.5, 0.6) is 5.75 Å². The van der Waals surface area contributed by atoms with Crippen molar-refractivity contribution < 1.29 is 18.3 Å². The molecule has 0 aromatic heterocycles. The van der Waals surface area contributed by atoms with Gasteiger partial charge in [0.05, 0.1) is 0 Å². The van der Waals surface area contributed by atoms with E-state index >= 15 is 0 Å². The van der Waals surface area contributed by atoms with Gasteiger partial charge in [0.1, 0.15) is 5.75 Å².